The summed E-state index contributed by atoms with van der Waals surface area (Å²) in [4.78, 5) is 25.0. The number of benzene rings is 1. The highest BCUT2D eigenvalue weighted by Gasteiger charge is 2.32. The largest absolute Gasteiger partial charge is 0.502 e. The molecule has 1 saturated carbocycles. The van der Waals surface area contributed by atoms with E-state index in [0.29, 0.717) is 27.3 Å². The lowest BCUT2D eigenvalue weighted by Gasteiger charge is -2.23. The molecular weight excluding hydrogens is 372 g/mol. The molecule has 2 fully saturated rings. The van der Waals surface area contributed by atoms with E-state index in [9.17, 15) is 20.0 Å². The third kappa shape index (κ3) is 4.24. The Bertz CT molecular complexity index is 772. The average Bonchev–Trinajstić information content (AvgIpc) is 2.89. The number of phenols is 1. The number of carbonyl (C=O) groups excluding carboxylic acids is 1. The lowest BCUT2D eigenvalue weighted by Crippen LogP contribution is -2.30. The molecule has 1 amide bonds. The third-order valence-corrected chi connectivity index (χ3v) is 6.23. The van der Waals surface area contributed by atoms with Gasteiger partial charge in [-0.25, -0.2) is 0 Å². The van der Waals surface area contributed by atoms with Gasteiger partial charge in [0.2, 0.25) is 0 Å². The van der Waals surface area contributed by atoms with Gasteiger partial charge in [0.05, 0.1) is 9.83 Å². The minimum atomic E-state index is -0.651. The molecular formula is C18H20N2O4S2. The molecule has 0 bridgehead atoms. The Kier molecular flexibility index (Phi) is 5.93. The number of nitro groups is 1. The fourth-order valence-electron chi connectivity index (χ4n) is 3.41. The van der Waals surface area contributed by atoms with Gasteiger partial charge in [0.25, 0.3) is 5.91 Å². The Balaban J connectivity index is 1.70. The molecule has 138 valence electrons. The van der Waals surface area contributed by atoms with E-state index in [1.807, 2.05) is 0 Å². The van der Waals surface area contributed by atoms with Crippen molar-refractivity contribution in [1.29, 1.82) is 0 Å². The van der Waals surface area contributed by atoms with Gasteiger partial charge in [0.15, 0.2) is 5.75 Å². The molecule has 1 aliphatic heterocycles. The Hall–Kier alpha value is -1.93. The predicted octanol–water partition coefficient (Wildman–Crippen LogP) is 4.47. The van der Waals surface area contributed by atoms with Crippen LogP contribution in [0.1, 0.15) is 44.1 Å². The first-order valence-corrected chi connectivity index (χ1v) is 9.91. The molecule has 1 heterocycles. The number of hydrogen-bond donors (Lipinski definition) is 1. The van der Waals surface area contributed by atoms with E-state index < -0.39 is 10.7 Å². The third-order valence-electron chi connectivity index (χ3n) is 4.85. The first-order chi connectivity index (χ1) is 12.5. The van der Waals surface area contributed by atoms with Gasteiger partial charge >= 0.3 is 5.69 Å². The van der Waals surface area contributed by atoms with Crippen LogP contribution in [0.5, 0.6) is 5.75 Å². The number of amides is 1. The molecule has 3 rings (SSSR count). The summed E-state index contributed by atoms with van der Waals surface area (Å²) in [6, 6.07) is 4.05. The van der Waals surface area contributed by atoms with Crippen LogP contribution >= 0.6 is 24.0 Å². The minimum absolute atomic E-state index is 0.147. The molecule has 2 aliphatic rings. The van der Waals surface area contributed by atoms with Crippen molar-refractivity contribution in [2.24, 2.45) is 5.92 Å². The van der Waals surface area contributed by atoms with Crippen molar-refractivity contribution in [3.05, 3.63) is 38.8 Å². The Labute approximate surface area is 161 Å². The van der Waals surface area contributed by atoms with Crippen LogP contribution in [0.2, 0.25) is 0 Å². The van der Waals surface area contributed by atoms with Gasteiger partial charge in [0.1, 0.15) is 4.32 Å². The van der Waals surface area contributed by atoms with Crippen molar-refractivity contribution in [3.63, 3.8) is 0 Å². The molecule has 1 aromatic rings. The summed E-state index contributed by atoms with van der Waals surface area (Å²) in [5, 5.41) is 20.5. The Morgan fingerprint density at radius 3 is 2.77 bits per heavy atom. The SMILES string of the molecule is O=C1/C(=C/c2ccc(O)c([N+](=O)[O-])c2)SC(=S)N1CCC1CCCCC1. The maximum atomic E-state index is 12.6. The summed E-state index contributed by atoms with van der Waals surface area (Å²) in [5.74, 6) is 0.121. The number of phenolic OH excluding ortho intramolecular Hbond substituents is 1. The van der Waals surface area contributed by atoms with Crippen LogP contribution in [-0.2, 0) is 4.79 Å². The summed E-state index contributed by atoms with van der Waals surface area (Å²) in [7, 11) is 0. The van der Waals surface area contributed by atoms with Gasteiger partial charge in [0, 0.05) is 12.6 Å². The highest BCUT2D eigenvalue weighted by atomic mass is 32.2. The number of nitro benzene ring substituents is 1. The molecule has 8 heteroatoms. The number of thioether (sulfide) groups is 1. The van der Waals surface area contributed by atoms with Crippen LogP contribution < -0.4 is 0 Å². The smallest absolute Gasteiger partial charge is 0.311 e. The van der Waals surface area contributed by atoms with E-state index >= 15 is 0 Å². The first-order valence-electron chi connectivity index (χ1n) is 8.68. The molecule has 1 N–H and O–H groups in total. The van der Waals surface area contributed by atoms with Crippen LogP contribution in [0.25, 0.3) is 6.08 Å². The quantitative estimate of drug-likeness (QED) is 0.344. The monoisotopic (exact) mass is 392 g/mol. The molecule has 0 radical (unpaired) electrons. The van der Waals surface area contributed by atoms with Gasteiger partial charge in [-0.05, 0) is 30.0 Å². The maximum absolute atomic E-state index is 12.6. The Morgan fingerprint density at radius 2 is 2.08 bits per heavy atom. The second kappa shape index (κ2) is 8.18. The van der Waals surface area contributed by atoms with Crippen molar-refractivity contribution in [3.8, 4) is 5.75 Å². The van der Waals surface area contributed by atoms with E-state index in [4.69, 9.17) is 12.2 Å². The Morgan fingerprint density at radius 1 is 1.35 bits per heavy atom. The molecule has 1 aromatic carbocycles. The van der Waals surface area contributed by atoms with Gasteiger partial charge in [-0.15, -0.1) is 0 Å². The predicted molar refractivity (Wildman–Crippen MR) is 106 cm³/mol. The number of carbonyl (C=O) groups is 1. The zero-order chi connectivity index (χ0) is 18.7. The van der Waals surface area contributed by atoms with Crippen molar-refractivity contribution >= 4 is 46.0 Å². The van der Waals surface area contributed by atoms with Gasteiger partial charge in [-0.3, -0.25) is 19.8 Å². The number of aromatic hydroxyl groups is 1. The van der Waals surface area contributed by atoms with Crippen molar-refractivity contribution in [2.75, 3.05) is 6.54 Å². The van der Waals surface area contributed by atoms with E-state index in [2.05, 4.69) is 0 Å². The van der Waals surface area contributed by atoms with Crippen LogP contribution in [0, 0.1) is 16.0 Å². The average molecular weight is 393 g/mol. The zero-order valence-electron chi connectivity index (χ0n) is 14.2. The van der Waals surface area contributed by atoms with Crippen LogP contribution in [0.15, 0.2) is 23.1 Å². The number of hydrogen-bond acceptors (Lipinski definition) is 6. The van der Waals surface area contributed by atoms with E-state index in [0.717, 1.165) is 6.42 Å². The van der Waals surface area contributed by atoms with Crippen LogP contribution in [0.4, 0.5) is 5.69 Å². The lowest BCUT2D eigenvalue weighted by molar-refractivity contribution is -0.385. The number of nitrogens with zero attached hydrogens (tertiary/aromatic N) is 2. The highest BCUT2D eigenvalue weighted by molar-refractivity contribution is 8.26. The lowest BCUT2D eigenvalue weighted by atomic mass is 9.87. The molecule has 0 unspecified atom stereocenters. The minimum Gasteiger partial charge on any atom is -0.502 e. The van der Waals surface area contributed by atoms with Crippen LogP contribution in [0.3, 0.4) is 0 Å². The normalized spacial score (nSPS) is 20.2. The fourth-order valence-corrected chi connectivity index (χ4v) is 4.72. The molecule has 6 nitrogen and oxygen atoms in total. The van der Waals surface area contributed by atoms with Gasteiger partial charge < -0.3 is 5.11 Å². The molecule has 1 aliphatic carbocycles. The number of thiocarbonyl (C=S) groups is 1. The zero-order valence-corrected chi connectivity index (χ0v) is 15.9. The molecule has 0 spiro atoms. The standard InChI is InChI=1S/C18H20N2O4S2/c21-15-7-6-13(10-14(15)20(23)24)11-16-17(22)19(18(25)26-16)9-8-12-4-2-1-3-5-12/h6-7,10-12,21H,1-5,8-9H2/b16-11-. The van der Waals surface area contributed by atoms with E-state index in [1.165, 1.54) is 62.1 Å². The summed E-state index contributed by atoms with van der Waals surface area (Å²) in [6.07, 6.45) is 8.84. The first kappa shape index (κ1) is 18.8. The summed E-state index contributed by atoms with van der Waals surface area (Å²) >= 11 is 6.56. The summed E-state index contributed by atoms with van der Waals surface area (Å²) in [5.41, 5.74) is 0.105. The van der Waals surface area contributed by atoms with Gasteiger partial charge in [-0.1, -0.05) is 62.2 Å². The fraction of sp³-hybridized carbons (Fsp3) is 0.444. The molecule has 26 heavy (non-hydrogen) atoms. The summed E-state index contributed by atoms with van der Waals surface area (Å²) < 4.78 is 0.533. The van der Waals surface area contributed by atoms with Gasteiger partial charge in [-0.2, -0.15) is 0 Å². The van der Waals surface area contributed by atoms with Crippen LogP contribution in [-0.4, -0.2) is 31.7 Å². The molecule has 1 saturated heterocycles. The summed E-state index contributed by atoms with van der Waals surface area (Å²) in [6.45, 7) is 0.627. The van der Waals surface area contributed by atoms with E-state index in [-0.39, 0.29) is 11.6 Å². The number of rotatable bonds is 5. The highest BCUT2D eigenvalue weighted by Crippen LogP contribution is 2.35. The van der Waals surface area contributed by atoms with Crippen molar-refractivity contribution in [2.45, 2.75) is 38.5 Å². The second-order valence-electron chi connectivity index (χ2n) is 6.63. The second-order valence-corrected chi connectivity index (χ2v) is 8.31. The topological polar surface area (TPSA) is 83.7 Å². The molecule has 0 atom stereocenters. The molecule has 0 aromatic heterocycles. The van der Waals surface area contributed by atoms with Crippen molar-refractivity contribution < 1.29 is 14.8 Å². The van der Waals surface area contributed by atoms with Crippen molar-refractivity contribution in [1.82, 2.24) is 4.90 Å². The maximum Gasteiger partial charge on any atom is 0.311 e. The van der Waals surface area contributed by atoms with E-state index in [1.54, 1.807) is 11.0 Å².